The zero-order valence-corrected chi connectivity index (χ0v) is 14.2. The van der Waals surface area contributed by atoms with Crippen molar-refractivity contribution >= 4 is 38.9 Å². The molecule has 132 valence electrons. The van der Waals surface area contributed by atoms with Crippen molar-refractivity contribution in [3.8, 4) is 5.69 Å². The summed E-state index contributed by atoms with van der Waals surface area (Å²) < 4.78 is 51.1. The molecule has 8 nitrogen and oxygen atoms in total. The molecule has 0 unspecified atom stereocenters. The number of hydrogen-bond acceptors (Lipinski definition) is 5. The third kappa shape index (κ3) is 3.69. The minimum Gasteiger partial charge on any atom is -0.388 e. The van der Waals surface area contributed by atoms with E-state index in [-0.39, 0.29) is 26.0 Å². The van der Waals surface area contributed by atoms with Gasteiger partial charge in [0.05, 0.1) is 27.7 Å². The maximum absolute atomic E-state index is 12.9. The molecular weight excluding hydrogens is 393 g/mol. The van der Waals surface area contributed by atoms with E-state index in [1.54, 1.807) is 0 Å². The Bertz CT molecular complexity index is 942. The summed E-state index contributed by atoms with van der Waals surface area (Å²) in [6.45, 7) is -4.14. The van der Waals surface area contributed by atoms with Crippen LogP contribution in [0.15, 0.2) is 16.9 Å². The first-order chi connectivity index (χ1) is 11.0. The minimum absolute atomic E-state index is 0.0192. The highest BCUT2D eigenvalue weighted by molar-refractivity contribution is 7.92. The number of aliphatic hydroxyl groups is 1. The number of alkyl halides is 2. The molecule has 2 aromatic rings. The summed E-state index contributed by atoms with van der Waals surface area (Å²) in [7, 11) is -3.69. The molecule has 0 aliphatic heterocycles. The van der Waals surface area contributed by atoms with Crippen LogP contribution in [-0.4, -0.2) is 34.1 Å². The van der Waals surface area contributed by atoms with Gasteiger partial charge in [0.15, 0.2) is 5.82 Å². The van der Waals surface area contributed by atoms with E-state index in [4.69, 9.17) is 28.3 Å². The SMILES string of the molecule is CS(=O)(=O)Nc1cc(-n2nc(CO)n(C(F)F)c2=O)c(Cl)cc1Cl. The first-order valence-corrected chi connectivity index (χ1v) is 8.76. The van der Waals surface area contributed by atoms with Gasteiger partial charge in [-0.15, -0.1) is 5.10 Å². The Balaban J connectivity index is 2.69. The topological polar surface area (TPSA) is 106 Å². The van der Waals surface area contributed by atoms with Crippen LogP contribution in [0.3, 0.4) is 0 Å². The van der Waals surface area contributed by atoms with Crippen LogP contribution in [-0.2, 0) is 16.6 Å². The zero-order valence-electron chi connectivity index (χ0n) is 11.9. The third-order valence-electron chi connectivity index (χ3n) is 2.78. The predicted molar refractivity (Wildman–Crippen MR) is 83.5 cm³/mol. The molecule has 0 fully saturated rings. The van der Waals surface area contributed by atoms with E-state index in [1.807, 2.05) is 0 Å². The van der Waals surface area contributed by atoms with Crippen molar-refractivity contribution in [2.24, 2.45) is 0 Å². The fraction of sp³-hybridized carbons (Fsp3) is 0.273. The van der Waals surface area contributed by atoms with Gasteiger partial charge >= 0.3 is 12.2 Å². The molecule has 2 rings (SSSR count). The number of nitrogens with zero attached hydrogens (tertiary/aromatic N) is 3. The molecule has 0 aliphatic carbocycles. The number of anilines is 1. The van der Waals surface area contributed by atoms with Gasteiger partial charge in [0, 0.05) is 0 Å². The average molecular weight is 403 g/mol. The first kappa shape index (κ1) is 18.6. The lowest BCUT2D eigenvalue weighted by molar-refractivity contribution is 0.0584. The van der Waals surface area contributed by atoms with Crippen LogP contribution in [0, 0.1) is 0 Å². The van der Waals surface area contributed by atoms with Gasteiger partial charge in [-0.05, 0) is 12.1 Å². The predicted octanol–water partition coefficient (Wildman–Crippen LogP) is 1.60. The lowest BCUT2D eigenvalue weighted by Crippen LogP contribution is -2.25. The van der Waals surface area contributed by atoms with E-state index < -0.39 is 34.7 Å². The van der Waals surface area contributed by atoms with Gasteiger partial charge in [-0.1, -0.05) is 23.2 Å². The minimum atomic E-state index is -3.69. The Hall–Kier alpha value is -1.69. The van der Waals surface area contributed by atoms with Crippen LogP contribution in [0.2, 0.25) is 10.0 Å². The second-order valence-electron chi connectivity index (χ2n) is 4.57. The second-order valence-corrected chi connectivity index (χ2v) is 7.14. The molecule has 2 N–H and O–H groups in total. The van der Waals surface area contributed by atoms with E-state index in [0.717, 1.165) is 18.4 Å². The molecule has 1 aromatic heterocycles. The molecule has 24 heavy (non-hydrogen) atoms. The van der Waals surface area contributed by atoms with Gasteiger partial charge in [-0.2, -0.15) is 13.5 Å². The van der Waals surface area contributed by atoms with Gasteiger partial charge < -0.3 is 5.11 Å². The summed E-state index contributed by atoms with van der Waals surface area (Å²) in [5.74, 6) is -0.585. The Labute approximate surface area is 144 Å². The molecule has 1 aromatic carbocycles. The molecule has 0 amide bonds. The van der Waals surface area contributed by atoms with E-state index in [1.165, 1.54) is 0 Å². The lowest BCUT2D eigenvalue weighted by Gasteiger charge is -2.10. The number of sulfonamides is 1. The second kappa shape index (κ2) is 6.67. The van der Waals surface area contributed by atoms with Crippen molar-refractivity contribution in [1.82, 2.24) is 14.3 Å². The van der Waals surface area contributed by atoms with Crippen molar-refractivity contribution in [2.45, 2.75) is 13.2 Å². The van der Waals surface area contributed by atoms with Crippen LogP contribution < -0.4 is 10.4 Å². The Morgan fingerprint density at radius 2 is 1.96 bits per heavy atom. The maximum atomic E-state index is 12.9. The molecule has 0 saturated heterocycles. The first-order valence-electron chi connectivity index (χ1n) is 6.11. The summed E-state index contributed by atoms with van der Waals surface area (Å²) in [6, 6.07) is 2.19. The molecule has 0 aliphatic rings. The number of benzene rings is 1. The van der Waals surface area contributed by atoms with Crippen molar-refractivity contribution in [3.05, 3.63) is 38.5 Å². The molecule has 0 spiro atoms. The van der Waals surface area contributed by atoms with Gasteiger partial charge in [-0.25, -0.2) is 17.8 Å². The van der Waals surface area contributed by atoms with Crippen molar-refractivity contribution in [3.63, 3.8) is 0 Å². The number of hydrogen-bond donors (Lipinski definition) is 2. The summed E-state index contributed by atoms with van der Waals surface area (Å²) in [6.07, 6.45) is 0.874. The fourth-order valence-corrected chi connectivity index (χ4v) is 2.99. The number of halogens is 4. The zero-order chi connectivity index (χ0) is 18.2. The average Bonchev–Trinajstić information content (AvgIpc) is 2.77. The summed E-state index contributed by atoms with van der Waals surface area (Å²) >= 11 is 11.8. The molecule has 0 bridgehead atoms. The van der Waals surface area contributed by atoms with Crippen molar-refractivity contribution in [1.29, 1.82) is 0 Å². The molecular formula is C11H10Cl2F2N4O4S. The molecule has 0 radical (unpaired) electrons. The van der Waals surface area contributed by atoms with Crippen LogP contribution in [0.4, 0.5) is 14.5 Å². The van der Waals surface area contributed by atoms with Gasteiger partial charge in [0.25, 0.3) is 0 Å². The molecule has 0 atom stereocenters. The van der Waals surface area contributed by atoms with E-state index in [2.05, 4.69) is 9.82 Å². The van der Waals surface area contributed by atoms with Crippen molar-refractivity contribution < 1.29 is 22.3 Å². The summed E-state index contributed by atoms with van der Waals surface area (Å²) in [4.78, 5) is 12.1. The quantitative estimate of drug-likeness (QED) is 0.789. The highest BCUT2D eigenvalue weighted by atomic mass is 35.5. The fourth-order valence-electron chi connectivity index (χ4n) is 1.86. The Morgan fingerprint density at radius 3 is 2.42 bits per heavy atom. The Morgan fingerprint density at radius 1 is 1.33 bits per heavy atom. The van der Waals surface area contributed by atoms with E-state index in [9.17, 15) is 22.0 Å². The largest absolute Gasteiger partial charge is 0.388 e. The number of rotatable bonds is 5. The number of nitrogens with one attached hydrogen (secondary N) is 1. The van der Waals surface area contributed by atoms with Crippen LogP contribution in [0.5, 0.6) is 0 Å². The summed E-state index contributed by atoms with van der Waals surface area (Å²) in [5, 5.41) is 12.4. The smallest absolute Gasteiger partial charge is 0.355 e. The molecule has 1 heterocycles. The van der Waals surface area contributed by atoms with Gasteiger partial charge in [0.1, 0.15) is 6.61 Å². The van der Waals surface area contributed by atoms with Crippen LogP contribution in [0.1, 0.15) is 12.4 Å². The lowest BCUT2D eigenvalue weighted by atomic mass is 10.3. The highest BCUT2D eigenvalue weighted by Gasteiger charge is 2.22. The molecule has 13 heteroatoms. The number of aliphatic hydroxyl groups excluding tert-OH is 1. The Kier molecular flexibility index (Phi) is 5.18. The number of aromatic nitrogens is 3. The third-order valence-corrected chi connectivity index (χ3v) is 3.98. The van der Waals surface area contributed by atoms with Crippen LogP contribution >= 0.6 is 23.2 Å². The highest BCUT2D eigenvalue weighted by Crippen LogP contribution is 2.31. The standard InChI is InChI=1S/C11H10Cl2F2N4O4S/c1-24(22,23)17-7-3-8(6(13)2-5(7)12)19-11(21)18(10(14)15)9(4-20)16-19/h2-3,10,17,20H,4H2,1H3. The van der Waals surface area contributed by atoms with Crippen LogP contribution in [0.25, 0.3) is 5.69 Å². The van der Waals surface area contributed by atoms with Crippen molar-refractivity contribution in [2.75, 3.05) is 11.0 Å². The molecule has 0 saturated carbocycles. The van der Waals surface area contributed by atoms with E-state index in [0.29, 0.717) is 4.68 Å². The van der Waals surface area contributed by atoms with Gasteiger partial charge in [0.2, 0.25) is 10.0 Å². The van der Waals surface area contributed by atoms with E-state index >= 15 is 0 Å². The normalized spacial score (nSPS) is 12.0. The maximum Gasteiger partial charge on any atom is 0.355 e. The summed E-state index contributed by atoms with van der Waals surface area (Å²) in [5.41, 5.74) is -1.57. The monoisotopic (exact) mass is 402 g/mol. The van der Waals surface area contributed by atoms with Gasteiger partial charge in [-0.3, -0.25) is 4.72 Å².